The number of aryl methyl sites for hydroxylation is 1. The number of aromatic amines is 1. The molecule has 1 unspecified atom stereocenters. The maximum atomic E-state index is 6.01. The number of anilines is 1. The largest absolute Gasteiger partial charge is 0.338 e. The fourth-order valence-corrected chi connectivity index (χ4v) is 2.96. The number of rotatable bonds is 2. The Balaban J connectivity index is 1.88. The summed E-state index contributed by atoms with van der Waals surface area (Å²) < 4.78 is 1.01. The molecule has 0 spiro atoms. The number of hydrogen-bond donors (Lipinski definition) is 2. The molecular formula is C14H18BrN5. The third-order valence-electron chi connectivity index (χ3n) is 3.59. The Hall–Kier alpha value is -1.40. The molecule has 3 N–H and O–H groups in total. The molecule has 2 aromatic rings. The van der Waals surface area contributed by atoms with Gasteiger partial charge in [-0.05, 0) is 31.9 Å². The molecule has 2 heterocycles. The number of nitrogens with one attached hydrogen (secondary N) is 1. The number of benzene rings is 1. The second-order valence-electron chi connectivity index (χ2n) is 5.32. The molecule has 0 radical (unpaired) electrons. The van der Waals surface area contributed by atoms with E-state index < -0.39 is 0 Å². The van der Waals surface area contributed by atoms with E-state index in [1.54, 1.807) is 0 Å². The van der Waals surface area contributed by atoms with Crippen LogP contribution in [0.3, 0.4) is 0 Å². The maximum absolute atomic E-state index is 6.01. The molecule has 1 aromatic heterocycles. The topological polar surface area (TPSA) is 70.8 Å². The van der Waals surface area contributed by atoms with Crippen LogP contribution >= 0.6 is 15.9 Å². The minimum absolute atomic E-state index is 0.219. The predicted molar refractivity (Wildman–Crippen MR) is 83.7 cm³/mol. The fraction of sp³-hybridized carbons (Fsp3) is 0.429. The highest BCUT2D eigenvalue weighted by molar-refractivity contribution is 9.10. The molecule has 1 aliphatic heterocycles. The van der Waals surface area contributed by atoms with Crippen LogP contribution in [0.2, 0.25) is 0 Å². The summed E-state index contributed by atoms with van der Waals surface area (Å²) in [6.45, 7) is 3.86. The summed E-state index contributed by atoms with van der Waals surface area (Å²) in [6, 6.07) is 6.41. The summed E-state index contributed by atoms with van der Waals surface area (Å²) in [5.74, 6) is 1.53. The molecule has 3 rings (SSSR count). The fourth-order valence-electron chi connectivity index (χ4n) is 2.53. The lowest BCUT2D eigenvalue weighted by atomic mass is 10.1. The highest BCUT2D eigenvalue weighted by atomic mass is 79.9. The molecule has 0 amide bonds. The Labute approximate surface area is 126 Å². The van der Waals surface area contributed by atoms with Crippen LogP contribution in [0.25, 0.3) is 11.4 Å². The first-order valence-electron chi connectivity index (χ1n) is 6.83. The second-order valence-corrected chi connectivity index (χ2v) is 6.17. The standard InChI is InChI=1S/C14H18BrN5/c1-9-4-5-12(15)11(7-9)13-17-14(19-18-13)20-6-2-3-10(16)8-20/h4-5,7,10H,2-3,6,8,16H2,1H3,(H,17,18,19). The Kier molecular flexibility index (Phi) is 3.76. The van der Waals surface area contributed by atoms with Crippen molar-refractivity contribution in [1.82, 2.24) is 15.2 Å². The number of H-pyrrole nitrogens is 1. The van der Waals surface area contributed by atoms with Crippen LogP contribution < -0.4 is 10.6 Å². The van der Waals surface area contributed by atoms with Crippen molar-refractivity contribution < 1.29 is 0 Å². The number of piperidine rings is 1. The van der Waals surface area contributed by atoms with Crippen molar-refractivity contribution in [2.75, 3.05) is 18.0 Å². The van der Waals surface area contributed by atoms with Gasteiger partial charge in [0.2, 0.25) is 5.95 Å². The number of halogens is 1. The molecule has 106 valence electrons. The second kappa shape index (κ2) is 5.54. The summed E-state index contributed by atoms with van der Waals surface area (Å²) in [5.41, 5.74) is 8.24. The van der Waals surface area contributed by atoms with Gasteiger partial charge in [-0.25, -0.2) is 0 Å². The quantitative estimate of drug-likeness (QED) is 0.884. The van der Waals surface area contributed by atoms with Gasteiger partial charge in [-0.1, -0.05) is 27.6 Å². The summed E-state index contributed by atoms with van der Waals surface area (Å²) in [7, 11) is 0. The molecular weight excluding hydrogens is 318 g/mol. The molecule has 0 aliphatic carbocycles. The summed E-state index contributed by atoms with van der Waals surface area (Å²) in [5, 5.41) is 7.36. The molecule has 5 nitrogen and oxygen atoms in total. The molecule has 1 atom stereocenters. The van der Waals surface area contributed by atoms with Crippen molar-refractivity contribution in [2.45, 2.75) is 25.8 Å². The average Bonchev–Trinajstić information content (AvgIpc) is 2.91. The Morgan fingerprint density at radius 3 is 3.10 bits per heavy atom. The minimum Gasteiger partial charge on any atom is -0.338 e. The zero-order chi connectivity index (χ0) is 14.1. The molecule has 1 saturated heterocycles. The lowest BCUT2D eigenvalue weighted by molar-refractivity contribution is 0.500. The van der Waals surface area contributed by atoms with E-state index in [9.17, 15) is 0 Å². The Morgan fingerprint density at radius 2 is 2.30 bits per heavy atom. The lowest BCUT2D eigenvalue weighted by Gasteiger charge is -2.29. The van der Waals surface area contributed by atoms with E-state index >= 15 is 0 Å². The summed E-state index contributed by atoms with van der Waals surface area (Å²) in [4.78, 5) is 6.76. The van der Waals surface area contributed by atoms with Gasteiger partial charge >= 0.3 is 0 Å². The predicted octanol–water partition coefficient (Wildman–Crippen LogP) is 2.47. The first-order valence-corrected chi connectivity index (χ1v) is 7.62. The van der Waals surface area contributed by atoms with Gasteiger partial charge in [0.15, 0.2) is 5.82 Å². The molecule has 1 fully saturated rings. The van der Waals surface area contributed by atoms with Crippen LogP contribution in [0, 0.1) is 6.92 Å². The Bertz CT molecular complexity index is 609. The van der Waals surface area contributed by atoms with Gasteiger partial charge < -0.3 is 10.6 Å². The van der Waals surface area contributed by atoms with E-state index in [1.807, 2.05) is 6.07 Å². The third kappa shape index (κ3) is 2.71. The van der Waals surface area contributed by atoms with Crippen molar-refractivity contribution in [1.29, 1.82) is 0 Å². The third-order valence-corrected chi connectivity index (χ3v) is 4.28. The van der Waals surface area contributed by atoms with Crippen molar-refractivity contribution >= 4 is 21.9 Å². The van der Waals surface area contributed by atoms with E-state index in [-0.39, 0.29) is 6.04 Å². The number of nitrogens with two attached hydrogens (primary N) is 1. The van der Waals surface area contributed by atoms with Gasteiger partial charge in [-0.3, -0.25) is 5.10 Å². The number of nitrogens with zero attached hydrogens (tertiary/aromatic N) is 3. The van der Waals surface area contributed by atoms with Crippen LogP contribution in [0.15, 0.2) is 22.7 Å². The van der Waals surface area contributed by atoms with E-state index in [0.29, 0.717) is 0 Å². The first kappa shape index (κ1) is 13.6. The van der Waals surface area contributed by atoms with Gasteiger partial charge in [-0.15, -0.1) is 5.10 Å². The SMILES string of the molecule is Cc1ccc(Br)c(-c2nc(N3CCCC(N)C3)n[nH]2)c1. The van der Waals surface area contributed by atoms with E-state index in [0.717, 1.165) is 47.7 Å². The van der Waals surface area contributed by atoms with Crippen LogP contribution in [0.4, 0.5) is 5.95 Å². The highest BCUT2D eigenvalue weighted by Crippen LogP contribution is 2.28. The maximum Gasteiger partial charge on any atom is 0.245 e. The lowest BCUT2D eigenvalue weighted by Crippen LogP contribution is -2.43. The van der Waals surface area contributed by atoms with Crippen LogP contribution in [-0.2, 0) is 0 Å². The first-order chi connectivity index (χ1) is 9.63. The van der Waals surface area contributed by atoms with Crippen molar-refractivity contribution in [3.05, 3.63) is 28.2 Å². The zero-order valence-electron chi connectivity index (χ0n) is 11.4. The highest BCUT2D eigenvalue weighted by Gasteiger charge is 2.20. The van der Waals surface area contributed by atoms with Crippen LogP contribution in [0.1, 0.15) is 18.4 Å². The van der Waals surface area contributed by atoms with Crippen LogP contribution in [-0.4, -0.2) is 34.3 Å². The molecule has 0 saturated carbocycles. The molecule has 1 aliphatic rings. The van der Waals surface area contributed by atoms with Gasteiger partial charge in [0.1, 0.15) is 0 Å². The van der Waals surface area contributed by atoms with Gasteiger partial charge in [0, 0.05) is 29.2 Å². The normalized spacial score (nSPS) is 19.4. The van der Waals surface area contributed by atoms with Gasteiger partial charge in [0.05, 0.1) is 0 Å². The van der Waals surface area contributed by atoms with Crippen molar-refractivity contribution in [3.63, 3.8) is 0 Å². The Morgan fingerprint density at radius 1 is 1.45 bits per heavy atom. The van der Waals surface area contributed by atoms with E-state index in [2.05, 4.69) is 55.1 Å². The van der Waals surface area contributed by atoms with E-state index in [4.69, 9.17) is 5.73 Å². The van der Waals surface area contributed by atoms with Crippen molar-refractivity contribution in [3.8, 4) is 11.4 Å². The summed E-state index contributed by atoms with van der Waals surface area (Å²) in [6.07, 6.45) is 2.18. The minimum atomic E-state index is 0.219. The van der Waals surface area contributed by atoms with E-state index in [1.165, 1.54) is 5.56 Å². The van der Waals surface area contributed by atoms with Gasteiger partial charge in [-0.2, -0.15) is 4.98 Å². The molecule has 1 aromatic carbocycles. The number of hydrogen-bond acceptors (Lipinski definition) is 4. The average molecular weight is 336 g/mol. The molecule has 6 heteroatoms. The number of aromatic nitrogens is 3. The molecule has 20 heavy (non-hydrogen) atoms. The van der Waals surface area contributed by atoms with Crippen LogP contribution in [0.5, 0.6) is 0 Å². The van der Waals surface area contributed by atoms with Crippen molar-refractivity contribution in [2.24, 2.45) is 5.73 Å². The van der Waals surface area contributed by atoms with Gasteiger partial charge in [0.25, 0.3) is 0 Å². The summed E-state index contributed by atoms with van der Waals surface area (Å²) >= 11 is 3.56. The monoisotopic (exact) mass is 335 g/mol. The smallest absolute Gasteiger partial charge is 0.245 e. The molecule has 0 bridgehead atoms. The zero-order valence-corrected chi connectivity index (χ0v) is 13.0.